The number of halogens is 2. The van der Waals surface area contributed by atoms with Gasteiger partial charge in [-0.05, 0) is 39.9 Å². The van der Waals surface area contributed by atoms with E-state index in [1.54, 1.807) is 0 Å². The molecule has 0 radical (unpaired) electrons. The smallest absolute Gasteiger partial charge is 0.0417 e. The van der Waals surface area contributed by atoms with Crippen LogP contribution in [0.1, 0.15) is 0 Å². The van der Waals surface area contributed by atoms with Gasteiger partial charge in [0, 0.05) is 9.92 Å². The van der Waals surface area contributed by atoms with E-state index in [1.807, 2.05) is 24.3 Å². The second kappa shape index (κ2) is 3.35. The molecule has 0 aromatic heterocycles. The highest BCUT2D eigenvalue weighted by molar-refractivity contribution is 8.21. The Morgan fingerprint density at radius 2 is 2.11 bits per heavy atom. The Labute approximate surface area is 67.7 Å². The Balaban J connectivity index is 2.94. The first-order chi connectivity index (χ1) is 4.33. The molecule has 0 aliphatic rings. The quantitative estimate of drug-likeness (QED) is 0.634. The largest absolute Gasteiger partial charge is 0.0843 e. The van der Waals surface area contributed by atoms with Gasteiger partial charge in [-0.25, -0.2) is 0 Å². The average Bonchev–Trinajstić information content (AvgIpc) is 1.88. The molecule has 3 heteroatoms. The molecular weight excluding hydrogens is 175 g/mol. The summed E-state index contributed by atoms with van der Waals surface area (Å²) in [6.45, 7) is 0. The summed E-state index contributed by atoms with van der Waals surface area (Å²) in [5, 5.41) is 0.723. The number of benzene rings is 1. The Kier molecular flexibility index (Phi) is 2.70. The van der Waals surface area contributed by atoms with Crippen LogP contribution in [0.2, 0.25) is 5.02 Å². The molecule has 9 heavy (non-hydrogen) atoms. The minimum atomic E-state index is 0.723. The third-order valence-corrected chi connectivity index (χ3v) is 2.09. The monoisotopic (exact) mass is 178 g/mol. The average molecular weight is 179 g/mol. The van der Waals surface area contributed by atoms with Crippen molar-refractivity contribution in [3.8, 4) is 0 Å². The van der Waals surface area contributed by atoms with Crippen LogP contribution in [-0.4, -0.2) is 0 Å². The van der Waals surface area contributed by atoms with Crippen molar-refractivity contribution in [2.24, 2.45) is 0 Å². The van der Waals surface area contributed by atoms with Gasteiger partial charge in [0.25, 0.3) is 0 Å². The number of rotatable bonds is 1. The summed E-state index contributed by atoms with van der Waals surface area (Å²) in [6, 6.07) is 7.41. The zero-order valence-corrected chi connectivity index (χ0v) is 6.80. The molecular formula is C6H4Cl2S. The summed E-state index contributed by atoms with van der Waals surface area (Å²) in [6.07, 6.45) is 0. The second-order valence-electron chi connectivity index (χ2n) is 1.53. The molecule has 0 amide bonds. The highest BCUT2D eigenvalue weighted by atomic mass is 35.7. The molecule has 0 aliphatic heterocycles. The lowest BCUT2D eigenvalue weighted by atomic mass is 10.4. The molecule has 1 aromatic carbocycles. The predicted octanol–water partition coefficient (Wildman–Crippen LogP) is 3.59. The molecule has 0 saturated carbocycles. The summed E-state index contributed by atoms with van der Waals surface area (Å²) in [5.74, 6) is 0. The van der Waals surface area contributed by atoms with Crippen LogP contribution in [0.15, 0.2) is 29.2 Å². The van der Waals surface area contributed by atoms with Crippen LogP contribution in [-0.2, 0) is 0 Å². The standard InChI is InChI=1S/C6H4Cl2S/c7-5-2-1-3-6(4-5)9-8/h1-4H. The molecule has 48 valence electrons. The minimum Gasteiger partial charge on any atom is -0.0843 e. The lowest BCUT2D eigenvalue weighted by Crippen LogP contribution is -1.64. The van der Waals surface area contributed by atoms with Crippen LogP contribution < -0.4 is 0 Å². The van der Waals surface area contributed by atoms with Crippen LogP contribution in [0.25, 0.3) is 0 Å². The fourth-order valence-electron chi connectivity index (χ4n) is 0.515. The third-order valence-electron chi connectivity index (χ3n) is 0.885. The van der Waals surface area contributed by atoms with Crippen molar-refractivity contribution in [2.45, 2.75) is 4.90 Å². The van der Waals surface area contributed by atoms with E-state index in [4.69, 9.17) is 22.3 Å². The molecule has 1 aromatic rings. The van der Waals surface area contributed by atoms with Gasteiger partial charge in [-0.2, -0.15) is 0 Å². The van der Waals surface area contributed by atoms with Crippen molar-refractivity contribution < 1.29 is 0 Å². The maximum absolute atomic E-state index is 5.65. The van der Waals surface area contributed by atoms with Crippen LogP contribution in [0.3, 0.4) is 0 Å². The van der Waals surface area contributed by atoms with Gasteiger partial charge in [0.05, 0.1) is 0 Å². The first kappa shape index (κ1) is 7.26. The third kappa shape index (κ3) is 2.09. The van der Waals surface area contributed by atoms with Crippen molar-refractivity contribution >= 4 is 33.3 Å². The Morgan fingerprint density at radius 3 is 2.56 bits per heavy atom. The first-order valence-corrected chi connectivity index (χ1v) is 4.39. The van der Waals surface area contributed by atoms with Crippen LogP contribution >= 0.6 is 33.3 Å². The van der Waals surface area contributed by atoms with E-state index in [1.165, 1.54) is 11.0 Å². The lowest BCUT2D eigenvalue weighted by molar-refractivity contribution is 1.48. The van der Waals surface area contributed by atoms with Gasteiger partial charge in [0.2, 0.25) is 0 Å². The summed E-state index contributed by atoms with van der Waals surface area (Å²) in [5.41, 5.74) is 0. The molecule has 0 spiro atoms. The molecule has 0 saturated heterocycles. The van der Waals surface area contributed by atoms with Crippen LogP contribution in [0.5, 0.6) is 0 Å². The van der Waals surface area contributed by atoms with E-state index in [0.717, 1.165) is 9.92 Å². The predicted molar refractivity (Wildman–Crippen MR) is 43.2 cm³/mol. The molecule has 0 fully saturated rings. The van der Waals surface area contributed by atoms with Crippen molar-refractivity contribution in [1.29, 1.82) is 0 Å². The van der Waals surface area contributed by atoms with E-state index in [9.17, 15) is 0 Å². The SMILES string of the molecule is ClSc1cccc(Cl)c1. The van der Waals surface area contributed by atoms with Gasteiger partial charge < -0.3 is 0 Å². The van der Waals surface area contributed by atoms with Crippen molar-refractivity contribution in [1.82, 2.24) is 0 Å². The van der Waals surface area contributed by atoms with Gasteiger partial charge in [-0.15, -0.1) is 0 Å². The molecule has 0 unspecified atom stereocenters. The van der Waals surface area contributed by atoms with Gasteiger partial charge in [-0.1, -0.05) is 17.7 Å². The summed E-state index contributed by atoms with van der Waals surface area (Å²) >= 11 is 5.65. The highest BCUT2D eigenvalue weighted by Gasteiger charge is 1.89. The molecule has 0 bridgehead atoms. The minimum absolute atomic E-state index is 0.723. The van der Waals surface area contributed by atoms with E-state index in [0.29, 0.717) is 0 Å². The molecule has 0 atom stereocenters. The maximum atomic E-state index is 5.65. The Bertz CT molecular complexity index is 200. The van der Waals surface area contributed by atoms with E-state index >= 15 is 0 Å². The van der Waals surface area contributed by atoms with Gasteiger partial charge in [0.15, 0.2) is 0 Å². The summed E-state index contributed by atoms with van der Waals surface area (Å²) < 4.78 is 0. The van der Waals surface area contributed by atoms with E-state index in [-0.39, 0.29) is 0 Å². The molecule has 0 aliphatic carbocycles. The fraction of sp³-hybridized carbons (Fsp3) is 0. The lowest BCUT2D eigenvalue weighted by Gasteiger charge is -1.91. The highest BCUT2D eigenvalue weighted by Crippen LogP contribution is 2.23. The molecule has 1 rings (SSSR count). The first-order valence-electron chi connectivity index (χ1n) is 2.37. The van der Waals surface area contributed by atoms with Crippen molar-refractivity contribution in [3.63, 3.8) is 0 Å². The van der Waals surface area contributed by atoms with Crippen molar-refractivity contribution in [3.05, 3.63) is 29.3 Å². The van der Waals surface area contributed by atoms with E-state index in [2.05, 4.69) is 0 Å². The van der Waals surface area contributed by atoms with Gasteiger partial charge in [0.1, 0.15) is 0 Å². The maximum Gasteiger partial charge on any atom is 0.0417 e. The normalized spacial score (nSPS) is 9.56. The second-order valence-corrected chi connectivity index (χ2v) is 3.06. The fourth-order valence-corrected chi connectivity index (χ4v) is 1.36. The molecule has 0 heterocycles. The van der Waals surface area contributed by atoms with E-state index < -0.39 is 0 Å². The van der Waals surface area contributed by atoms with Crippen LogP contribution in [0.4, 0.5) is 0 Å². The Hall–Kier alpha value is 0.150. The van der Waals surface area contributed by atoms with Crippen molar-refractivity contribution in [2.75, 3.05) is 0 Å². The molecule has 0 nitrogen and oxygen atoms in total. The molecule has 0 N–H and O–H groups in total. The zero-order valence-electron chi connectivity index (χ0n) is 4.47. The topological polar surface area (TPSA) is 0 Å². The van der Waals surface area contributed by atoms with Crippen LogP contribution in [0, 0.1) is 0 Å². The summed E-state index contributed by atoms with van der Waals surface area (Å²) in [4.78, 5) is 0.976. The van der Waals surface area contributed by atoms with Gasteiger partial charge in [-0.3, -0.25) is 0 Å². The van der Waals surface area contributed by atoms with Gasteiger partial charge >= 0.3 is 0 Å². The number of hydrogen-bond acceptors (Lipinski definition) is 1. The summed E-state index contributed by atoms with van der Waals surface area (Å²) in [7, 11) is 6.63. The number of hydrogen-bond donors (Lipinski definition) is 0. The Morgan fingerprint density at radius 1 is 1.33 bits per heavy atom. The zero-order chi connectivity index (χ0) is 6.69.